The Morgan fingerprint density at radius 3 is 2.67 bits per heavy atom. The first-order valence-electron chi connectivity index (χ1n) is 8.78. The lowest BCUT2D eigenvalue weighted by Gasteiger charge is -2.37. The van der Waals surface area contributed by atoms with Crippen LogP contribution in [0.5, 0.6) is 0 Å². The Morgan fingerprint density at radius 2 is 2.10 bits per heavy atom. The molecule has 1 aliphatic carbocycles. The summed E-state index contributed by atoms with van der Waals surface area (Å²) in [6.45, 7) is 10.5. The molecule has 0 spiro atoms. The van der Waals surface area contributed by atoms with Gasteiger partial charge in [-0.15, -0.1) is 0 Å². The number of nitrogens with one attached hydrogen (secondary N) is 1. The largest absolute Gasteiger partial charge is 0.395 e. The van der Waals surface area contributed by atoms with Crippen LogP contribution in [-0.4, -0.2) is 62.0 Å². The van der Waals surface area contributed by atoms with Crippen molar-refractivity contribution in [3.8, 4) is 0 Å². The Balaban J connectivity index is 1.92. The van der Waals surface area contributed by atoms with Gasteiger partial charge < -0.3 is 15.2 Å². The molecule has 4 heteroatoms. The summed E-state index contributed by atoms with van der Waals surface area (Å²) in [5, 5.41) is 13.1. The van der Waals surface area contributed by atoms with E-state index in [-0.39, 0.29) is 12.0 Å². The molecule has 0 aromatic heterocycles. The predicted molar refractivity (Wildman–Crippen MR) is 86.5 cm³/mol. The molecule has 2 rings (SSSR count). The monoisotopic (exact) mass is 298 g/mol. The van der Waals surface area contributed by atoms with Gasteiger partial charge in [-0.3, -0.25) is 4.90 Å². The van der Waals surface area contributed by atoms with Crippen LogP contribution in [0.1, 0.15) is 46.0 Å². The van der Waals surface area contributed by atoms with Crippen LogP contribution in [0.2, 0.25) is 0 Å². The molecule has 2 fully saturated rings. The van der Waals surface area contributed by atoms with Crippen LogP contribution < -0.4 is 5.32 Å². The molecular weight excluding hydrogens is 264 g/mol. The zero-order valence-corrected chi connectivity index (χ0v) is 13.9. The third-order valence-corrected chi connectivity index (χ3v) is 5.00. The lowest BCUT2D eigenvalue weighted by Crippen LogP contribution is -2.48. The number of rotatable bonds is 9. The highest BCUT2D eigenvalue weighted by Gasteiger charge is 2.38. The van der Waals surface area contributed by atoms with E-state index in [0.717, 1.165) is 45.8 Å². The van der Waals surface area contributed by atoms with Gasteiger partial charge in [0.2, 0.25) is 0 Å². The van der Waals surface area contributed by atoms with E-state index in [1.165, 1.54) is 25.7 Å². The standard InChI is InChI=1S/C17H34N2O2/c1-15(2)11-18-12-17(7-10-21-14-17)13-19(8-9-20)16-5-3-4-6-16/h15-16,18,20H,3-14H2,1-2H3. The number of hydrogen-bond donors (Lipinski definition) is 2. The fraction of sp³-hybridized carbons (Fsp3) is 1.00. The summed E-state index contributed by atoms with van der Waals surface area (Å²) in [4.78, 5) is 2.54. The number of aliphatic hydroxyl groups is 1. The van der Waals surface area contributed by atoms with E-state index >= 15 is 0 Å². The minimum atomic E-state index is 0.243. The quantitative estimate of drug-likeness (QED) is 0.682. The second-order valence-corrected chi connectivity index (χ2v) is 7.46. The summed E-state index contributed by atoms with van der Waals surface area (Å²) in [6.07, 6.45) is 6.45. The Labute approximate surface area is 130 Å². The number of aliphatic hydroxyl groups excluding tert-OH is 1. The van der Waals surface area contributed by atoms with Gasteiger partial charge in [0.25, 0.3) is 0 Å². The SMILES string of the molecule is CC(C)CNCC1(CN(CCO)C2CCCC2)CCOC1. The molecule has 0 bridgehead atoms. The minimum Gasteiger partial charge on any atom is -0.395 e. The second kappa shape index (κ2) is 8.47. The Bertz CT molecular complexity index is 285. The Kier molecular flexibility index (Phi) is 6.93. The van der Waals surface area contributed by atoms with Gasteiger partial charge >= 0.3 is 0 Å². The van der Waals surface area contributed by atoms with Crippen LogP contribution in [0.4, 0.5) is 0 Å². The van der Waals surface area contributed by atoms with Crippen molar-refractivity contribution in [2.75, 3.05) is 46.0 Å². The second-order valence-electron chi connectivity index (χ2n) is 7.46. The van der Waals surface area contributed by atoms with E-state index in [9.17, 15) is 5.11 Å². The summed E-state index contributed by atoms with van der Waals surface area (Å²) >= 11 is 0. The summed E-state index contributed by atoms with van der Waals surface area (Å²) in [5.41, 5.74) is 0.243. The Hall–Kier alpha value is -0.160. The third-order valence-electron chi connectivity index (χ3n) is 5.00. The first kappa shape index (κ1) is 17.2. The molecule has 0 aromatic carbocycles. The topological polar surface area (TPSA) is 44.7 Å². The molecule has 1 aliphatic heterocycles. The van der Waals surface area contributed by atoms with Gasteiger partial charge in [-0.1, -0.05) is 26.7 Å². The average Bonchev–Trinajstić information content (AvgIpc) is 3.09. The molecule has 1 heterocycles. The molecule has 1 unspecified atom stereocenters. The molecule has 1 atom stereocenters. The van der Waals surface area contributed by atoms with Crippen molar-refractivity contribution in [3.63, 3.8) is 0 Å². The van der Waals surface area contributed by atoms with Crippen molar-refractivity contribution in [2.45, 2.75) is 52.0 Å². The van der Waals surface area contributed by atoms with E-state index in [1.54, 1.807) is 0 Å². The lowest BCUT2D eigenvalue weighted by atomic mass is 9.85. The normalized spacial score (nSPS) is 27.3. The van der Waals surface area contributed by atoms with Crippen LogP contribution in [0, 0.1) is 11.3 Å². The molecule has 0 radical (unpaired) electrons. The maximum absolute atomic E-state index is 9.42. The van der Waals surface area contributed by atoms with Crippen LogP contribution in [0.25, 0.3) is 0 Å². The Morgan fingerprint density at radius 1 is 1.33 bits per heavy atom. The molecule has 0 aromatic rings. The number of hydrogen-bond acceptors (Lipinski definition) is 4. The molecule has 21 heavy (non-hydrogen) atoms. The van der Waals surface area contributed by atoms with Crippen LogP contribution >= 0.6 is 0 Å². The van der Waals surface area contributed by atoms with Crippen LogP contribution in [0.15, 0.2) is 0 Å². The summed E-state index contributed by atoms with van der Waals surface area (Å²) in [5.74, 6) is 0.688. The molecule has 4 nitrogen and oxygen atoms in total. The summed E-state index contributed by atoms with van der Waals surface area (Å²) in [7, 11) is 0. The van der Waals surface area contributed by atoms with Crippen molar-refractivity contribution in [2.24, 2.45) is 11.3 Å². The van der Waals surface area contributed by atoms with Crippen molar-refractivity contribution >= 4 is 0 Å². The molecular formula is C17H34N2O2. The fourth-order valence-corrected chi connectivity index (χ4v) is 3.81. The summed E-state index contributed by atoms with van der Waals surface area (Å²) in [6, 6.07) is 0.680. The highest BCUT2D eigenvalue weighted by Crippen LogP contribution is 2.32. The summed E-state index contributed by atoms with van der Waals surface area (Å²) < 4.78 is 5.73. The first-order chi connectivity index (χ1) is 10.2. The van der Waals surface area contributed by atoms with Crippen LogP contribution in [0.3, 0.4) is 0 Å². The maximum Gasteiger partial charge on any atom is 0.0558 e. The molecule has 2 N–H and O–H groups in total. The molecule has 2 aliphatic rings. The van der Waals surface area contributed by atoms with Gasteiger partial charge in [0.1, 0.15) is 0 Å². The molecule has 1 saturated heterocycles. The molecule has 0 amide bonds. The van der Waals surface area contributed by atoms with Gasteiger partial charge in [0.05, 0.1) is 13.2 Å². The van der Waals surface area contributed by atoms with Gasteiger partial charge in [0.15, 0.2) is 0 Å². The fourth-order valence-electron chi connectivity index (χ4n) is 3.81. The maximum atomic E-state index is 9.42. The smallest absolute Gasteiger partial charge is 0.0558 e. The van der Waals surface area contributed by atoms with E-state index < -0.39 is 0 Å². The first-order valence-corrected chi connectivity index (χ1v) is 8.78. The van der Waals surface area contributed by atoms with E-state index in [4.69, 9.17) is 4.74 Å². The van der Waals surface area contributed by atoms with E-state index in [0.29, 0.717) is 12.0 Å². The van der Waals surface area contributed by atoms with E-state index in [2.05, 4.69) is 24.1 Å². The zero-order valence-electron chi connectivity index (χ0n) is 13.9. The molecule has 1 saturated carbocycles. The number of ether oxygens (including phenoxy) is 1. The van der Waals surface area contributed by atoms with Gasteiger partial charge in [-0.05, 0) is 31.7 Å². The average molecular weight is 298 g/mol. The van der Waals surface area contributed by atoms with Crippen molar-refractivity contribution in [1.82, 2.24) is 10.2 Å². The zero-order chi connectivity index (χ0) is 15.1. The van der Waals surface area contributed by atoms with Gasteiger partial charge in [-0.25, -0.2) is 0 Å². The van der Waals surface area contributed by atoms with Crippen molar-refractivity contribution in [1.29, 1.82) is 0 Å². The van der Waals surface area contributed by atoms with Gasteiger partial charge in [-0.2, -0.15) is 0 Å². The minimum absolute atomic E-state index is 0.243. The number of nitrogens with zero attached hydrogens (tertiary/aromatic N) is 1. The van der Waals surface area contributed by atoms with Crippen molar-refractivity contribution < 1.29 is 9.84 Å². The van der Waals surface area contributed by atoms with Crippen LogP contribution in [-0.2, 0) is 4.74 Å². The van der Waals surface area contributed by atoms with E-state index in [1.807, 2.05) is 0 Å². The van der Waals surface area contributed by atoms with Crippen molar-refractivity contribution in [3.05, 3.63) is 0 Å². The lowest BCUT2D eigenvalue weighted by molar-refractivity contribution is 0.0722. The highest BCUT2D eigenvalue weighted by molar-refractivity contribution is 4.91. The highest BCUT2D eigenvalue weighted by atomic mass is 16.5. The third kappa shape index (κ3) is 5.20. The van der Waals surface area contributed by atoms with Gasteiger partial charge in [0, 0.05) is 37.7 Å². The predicted octanol–water partition coefficient (Wildman–Crippen LogP) is 1.88. The molecule has 124 valence electrons.